The van der Waals surface area contributed by atoms with Gasteiger partial charge in [-0.15, -0.1) is 0 Å². The van der Waals surface area contributed by atoms with Gasteiger partial charge in [-0.3, -0.25) is 14.4 Å². The molecule has 0 radical (unpaired) electrons. The summed E-state index contributed by atoms with van der Waals surface area (Å²) < 4.78 is 16.8. The van der Waals surface area contributed by atoms with Crippen LogP contribution in [0.25, 0.3) is 0 Å². The lowest BCUT2D eigenvalue weighted by Crippen LogP contribution is -2.30. The summed E-state index contributed by atoms with van der Waals surface area (Å²) in [6, 6.07) is 0. The third-order valence-corrected chi connectivity index (χ3v) is 11.5. The van der Waals surface area contributed by atoms with Crippen LogP contribution in [0.4, 0.5) is 0 Å². The molecule has 0 unspecified atom stereocenters. The van der Waals surface area contributed by atoms with Gasteiger partial charge in [-0.1, -0.05) is 201 Å². The van der Waals surface area contributed by atoms with Crippen LogP contribution in [0.2, 0.25) is 0 Å². The summed E-state index contributed by atoms with van der Waals surface area (Å²) in [6.45, 7) is 6.50. The molecular weight excluding hydrogens is 829 g/mol. The molecule has 382 valence electrons. The monoisotopic (exact) mass is 931 g/mol. The molecule has 67 heavy (non-hydrogen) atoms. The smallest absolute Gasteiger partial charge is 0.306 e. The van der Waals surface area contributed by atoms with E-state index in [4.69, 9.17) is 14.2 Å². The fourth-order valence-corrected chi connectivity index (χ4v) is 7.31. The molecule has 0 heterocycles. The maximum atomic E-state index is 12.8. The maximum Gasteiger partial charge on any atom is 0.306 e. The number of allylic oxidation sites excluding steroid dienone is 16. The van der Waals surface area contributed by atoms with Crippen LogP contribution in [0.5, 0.6) is 0 Å². The summed E-state index contributed by atoms with van der Waals surface area (Å²) in [5.41, 5.74) is 0. The van der Waals surface area contributed by atoms with Crippen LogP contribution >= 0.6 is 0 Å². The standard InChI is InChI=1S/C61H102O6/c1-4-7-10-13-16-19-22-25-28-29-30-31-34-37-40-43-46-49-52-55-61(64)67-58(56-65-59(62)53-50-47-44-41-38-35-32-26-23-20-17-14-11-8-5-2)57-66-60(63)54-51-48-45-42-39-36-33-27-24-21-18-15-12-9-6-3/h16-17,19-21,24-26,28,30-32,37-38,40-41,58H,4-15,18,22-23,27,29,33-36,39,42-57H2,1-3H3/b19-16-,20-17-,24-21-,28-25-,31-30-,32-26-,40-37-,41-38-/t58-/m1/s1. The van der Waals surface area contributed by atoms with Gasteiger partial charge in [-0.25, -0.2) is 0 Å². The van der Waals surface area contributed by atoms with Crippen LogP contribution in [0.3, 0.4) is 0 Å². The van der Waals surface area contributed by atoms with Crippen LogP contribution in [0, 0.1) is 0 Å². The quantitative estimate of drug-likeness (QED) is 0.0262. The van der Waals surface area contributed by atoms with Gasteiger partial charge in [-0.2, -0.15) is 0 Å². The Morgan fingerprint density at radius 2 is 0.537 bits per heavy atom. The number of ether oxygens (including phenoxy) is 3. The zero-order valence-electron chi connectivity index (χ0n) is 43.6. The minimum Gasteiger partial charge on any atom is -0.462 e. The summed E-state index contributed by atoms with van der Waals surface area (Å²) in [6.07, 6.45) is 72.5. The van der Waals surface area contributed by atoms with Crippen molar-refractivity contribution in [2.24, 2.45) is 0 Å². The van der Waals surface area contributed by atoms with Gasteiger partial charge in [0.25, 0.3) is 0 Å². The molecule has 0 aliphatic heterocycles. The van der Waals surface area contributed by atoms with Crippen molar-refractivity contribution < 1.29 is 28.6 Å². The SMILES string of the molecule is CCCCC/C=C\C/C=C\C/C=C\C/C=C\CCCCCC(=O)O[C@H](COC(=O)CCCC/C=C\C/C=C\C/C=C\CCCCC)COC(=O)CCCCCCCCC/C=C\CCCCCC. The zero-order valence-corrected chi connectivity index (χ0v) is 43.6. The summed E-state index contributed by atoms with van der Waals surface area (Å²) in [7, 11) is 0. The van der Waals surface area contributed by atoms with E-state index < -0.39 is 6.10 Å². The largest absolute Gasteiger partial charge is 0.462 e. The number of esters is 3. The van der Waals surface area contributed by atoms with Crippen molar-refractivity contribution in [3.05, 3.63) is 97.2 Å². The van der Waals surface area contributed by atoms with Gasteiger partial charge >= 0.3 is 17.9 Å². The van der Waals surface area contributed by atoms with E-state index in [1.54, 1.807) is 0 Å². The highest BCUT2D eigenvalue weighted by atomic mass is 16.6. The molecule has 0 aromatic carbocycles. The molecule has 0 spiro atoms. The lowest BCUT2D eigenvalue weighted by Gasteiger charge is -2.18. The Kier molecular flexibility index (Phi) is 51.9. The Morgan fingerprint density at radius 1 is 0.299 bits per heavy atom. The molecule has 0 amide bonds. The lowest BCUT2D eigenvalue weighted by atomic mass is 10.1. The van der Waals surface area contributed by atoms with Crippen molar-refractivity contribution in [1.82, 2.24) is 0 Å². The molecule has 0 N–H and O–H groups in total. The Hall–Kier alpha value is -3.67. The third-order valence-electron chi connectivity index (χ3n) is 11.5. The van der Waals surface area contributed by atoms with E-state index in [1.807, 2.05) is 0 Å². The normalized spacial score (nSPS) is 12.8. The molecule has 1 atom stereocenters. The van der Waals surface area contributed by atoms with Crippen LogP contribution in [0.15, 0.2) is 97.2 Å². The first-order valence-electron chi connectivity index (χ1n) is 27.7. The second-order valence-electron chi connectivity index (χ2n) is 18.1. The highest BCUT2D eigenvalue weighted by Crippen LogP contribution is 2.13. The highest BCUT2D eigenvalue weighted by Gasteiger charge is 2.19. The average molecular weight is 931 g/mol. The lowest BCUT2D eigenvalue weighted by molar-refractivity contribution is -0.167. The van der Waals surface area contributed by atoms with Gasteiger partial charge in [-0.05, 0) is 128 Å². The summed E-state index contributed by atoms with van der Waals surface area (Å²) in [4.78, 5) is 38.1. The van der Waals surface area contributed by atoms with E-state index in [9.17, 15) is 14.4 Å². The van der Waals surface area contributed by atoms with Crippen molar-refractivity contribution in [2.45, 2.75) is 258 Å². The minimum absolute atomic E-state index is 0.106. The molecule has 0 aliphatic carbocycles. The number of carbonyl (C=O) groups is 3. The number of hydrogen-bond donors (Lipinski definition) is 0. The first-order valence-corrected chi connectivity index (χ1v) is 27.7. The molecule has 0 fully saturated rings. The summed E-state index contributed by atoms with van der Waals surface area (Å²) >= 11 is 0. The van der Waals surface area contributed by atoms with Crippen molar-refractivity contribution >= 4 is 17.9 Å². The average Bonchev–Trinajstić information content (AvgIpc) is 3.33. The van der Waals surface area contributed by atoms with E-state index in [1.165, 1.54) is 116 Å². The fraction of sp³-hybridized carbons (Fsp3) is 0.689. The Morgan fingerprint density at radius 3 is 0.925 bits per heavy atom. The summed E-state index contributed by atoms with van der Waals surface area (Å²) in [5.74, 6) is -0.981. The van der Waals surface area contributed by atoms with Crippen LogP contribution in [0.1, 0.15) is 252 Å². The Labute approximate surface area is 413 Å². The van der Waals surface area contributed by atoms with Crippen LogP contribution in [-0.4, -0.2) is 37.2 Å². The molecular formula is C61H102O6. The zero-order chi connectivity index (χ0) is 48.6. The van der Waals surface area contributed by atoms with Gasteiger partial charge < -0.3 is 14.2 Å². The number of hydrogen-bond acceptors (Lipinski definition) is 6. The predicted octanol–water partition coefficient (Wildman–Crippen LogP) is 18.5. The molecule has 0 rings (SSSR count). The van der Waals surface area contributed by atoms with Crippen LogP contribution < -0.4 is 0 Å². The number of rotatable bonds is 49. The first-order chi connectivity index (χ1) is 33.0. The highest BCUT2D eigenvalue weighted by molar-refractivity contribution is 5.71. The molecule has 0 aromatic heterocycles. The molecule has 0 saturated heterocycles. The predicted molar refractivity (Wildman–Crippen MR) is 288 cm³/mol. The molecule has 6 heteroatoms. The third kappa shape index (κ3) is 53.2. The van der Waals surface area contributed by atoms with Crippen molar-refractivity contribution in [2.75, 3.05) is 13.2 Å². The fourth-order valence-electron chi connectivity index (χ4n) is 7.31. The molecule has 0 saturated carbocycles. The topological polar surface area (TPSA) is 78.9 Å². The van der Waals surface area contributed by atoms with E-state index in [2.05, 4.69) is 118 Å². The van der Waals surface area contributed by atoms with E-state index in [0.717, 1.165) is 96.3 Å². The van der Waals surface area contributed by atoms with Gasteiger partial charge in [0.15, 0.2) is 6.10 Å². The summed E-state index contributed by atoms with van der Waals surface area (Å²) in [5, 5.41) is 0. The Balaban J connectivity index is 4.52. The molecule has 0 aromatic rings. The van der Waals surface area contributed by atoms with E-state index in [-0.39, 0.29) is 37.5 Å². The van der Waals surface area contributed by atoms with E-state index in [0.29, 0.717) is 12.8 Å². The number of unbranched alkanes of at least 4 members (excludes halogenated alkanes) is 22. The molecule has 0 bridgehead atoms. The van der Waals surface area contributed by atoms with Crippen molar-refractivity contribution in [3.8, 4) is 0 Å². The van der Waals surface area contributed by atoms with Gasteiger partial charge in [0.1, 0.15) is 13.2 Å². The minimum atomic E-state index is -0.813. The van der Waals surface area contributed by atoms with Crippen molar-refractivity contribution in [3.63, 3.8) is 0 Å². The maximum absolute atomic E-state index is 12.8. The second-order valence-corrected chi connectivity index (χ2v) is 18.1. The number of carbonyl (C=O) groups excluding carboxylic acids is 3. The molecule has 0 aliphatic rings. The van der Waals surface area contributed by atoms with Crippen LogP contribution in [-0.2, 0) is 28.6 Å². The second kappa shape index (κ2) is 54.9. The van der Waals surface area contributed by atoms with E-state index >= 15 is 0 Å². The van der Waals surface area contributed by atoms with Crippen molar-refractivity contribution in [1.29, 1.82) is 0 Å². The van der Waals surface area contributed by atoms with Gasteiger partial charge in [0, 0.05) is 19.3 Å². The van der Waals surface area contributed by atoms with Gasteiger partial charge in [0.2, 0.25) is 0 Å². The first kappa shape index (κ1) is 63.3. The molecule has 6 nitrogen and oxygen atoms in total. The van der Waals surface area contributed by atoms with Gasteiger partial charge in [0.05, 0.1) is 0 Å². The Bertz CT molecular complexity index is 1350.